The molecule has 3 rings (SSSR count). The van der Waals surface area contributed by atoms with Gasteiger partial charge in [-0.05, 0) is 36.8 Å². The predicted molar refractivity (Wildman–Crippen MR) is 101 cm³/mol. The van der Waals surface area contributed by atoms with Crippen LogP contribution < -0.4 is 10.2 Å². The van der Waals surface area contributed by atoms with Crippen molar-refractivity contribution in [3.05, 3.63) is 60.2 Å². The van der Waals surface area contributed by atoms with Crippen molar-refractivity contribution >= 4 is 27.1 Å². The van der Waals surface area contributed by atoms with E-state index in [4.69, 9.17) is 0 Å². The molecule has 0 radical (unpaired) electrons. The normalized spacial score (nSPS) is 18.6. The molecular weight excluding hydrogens is 393 g/mol. The van der Waals surface area contributed by atoms with Gasteiger partial charge in [-0.25, -0.2) is 8.42 Å². The highest BCUT2D eigenvalue weighted by atomic mass is 32.2. The first-order valence-electron chi connectivity index (χ1n) is 8.64. The Hall–Kier alpha value is -2.55. The highest BCUT2D eigenvalue weighted by Gasteiger charge is 2.35. The summed E-state index contributed by atoms with van der Waals surface area (Å²) in [6, 6.07) is 12.7. The van der Waals surface area contributed by atoms with Crippen molar-refractivity contribution in [3.63, 3.8) is 0 Å². The number of hydrogen-bond donors (Lipinski definition) is 1. The Morgan fingerprint density at radius 2 is 1.82 bits per heavy atom. The predicted octanol–water partition coefficient (Wildman–Crippen LogP) is 3.34. The lowest BCUT2D eigenvalue weighted by Gasteiger charge is -2.28. The molecule has 28 heavy (non-hydrogen) atoms. The highest BCUT2D eigenvalue weighted by molar-refractivity contribution is 7.91. The van der Waals surface area contributed by atoms with Crippen molar-refractivity contribution in [2.24, 2.45) is 0 Å². The Balaban J connectivity index is 1.77. The van der Waals surface area contributed by atoms with Gasteiger partial charge in [0.2, 0.25) is 5.91 Å². The van der Waals surface area contributed by atoms with Gasteiger partial charge >= 0.3 is 6.18 Å². The van der Waals surface area contributed by atoms with E-state index in [9.17, 15) is 26.4 Å². The minimum Gasteiger partial charge on any atom is -0.376 e. The van der Waals surface area contributed by atoms with Gasteiger partial charge < -0.3 is 10.2 Å². The summed E-state index contributed by atoms with van der Waals surface area (Å²) in [7, 11) is -3.21. The van der Waals surface area contributed by atoms with Crippen LogP contribution in [0.2, 0.25) is 0 Å². The van der Waals surface area contributed by atoms with E-state index in [1.54, 1.807) is 30.3 Å². The van der Waals surface area contributed by atoms with Gasteiger partial charge in [0, 0.05) is 11.4 Å². The fourth-order valence-electron chi connectivity index (χ4n) is 3.19. The average Bonchev–Trinajstić information content (AvgIpc) is 3.00. The molecule has 1 aliphatic rings. The molecule has 0 saturated carbocycles. The second kappa shape index (κ2) is 7.83. The maximum atomic E-state index is 12.8. The summed E-state index contributed by atoms with van der Waals surface area (Å²) < 4.78 is 62.2. The van der Waals surface area contributed by atoms with Gasteiger partial charge in [0.05, 0.1) is 29.7 Å². The summed E-state index contributed by atoms with van der Waals surface area (Å²) in [5.74, 6) is -0.530. The minimum absolute atomic E-state index is 0.00926. The number of rotatable bonds is 5. The first-order valence-corrected chi connectivity index (χ1v) is 10.5. The molecule has 150 valence electrons. The lowest BCUT2D eigenvalue weighted by molar-refractivity contribution is -0.137. The molecule has 0 aromatic heterocycles. The van der Waals surface area contributed by atoms with E-state index in [1.807, 2.05) is 0 Å². The van der Waals surface area contributed by atoms with Crippen molar-refractivity contribution < 1.29 is 26.4 Å². The maximum absolute atomic E-state index is 12.8. The molecule has 2 aromatic carbocycles. The fraction of sp³-hybridized carbons (Fsp3) is 0.316. The molecule has 1 atom stereocenters. The van der Waals surface area contributed by atoms with Gasteiger partial charge in [-0.1, -0.05) is 24.3 Å². The molecule has 1 unspecified atom stereocenters. The van der Waals surface area contributed by atoms with Crippen molar-refractivity contribution in [2.75, 3.05) is 28.3 Å². The number of carbonyl (C=O) groups excluding carboxylic acids is 1. The van der Waals surface area contributed by atoms with Crippen LogP contribution in [0, 0.1) is 0 Å². The van der Waals surface area contributed by atoms with Crippen LogP contribution in [0.5, 0.6) is 0 Å². The quantitative estimate of drug-likeness (QED) is 0.818. The van der Waals surface area contributed by atoms with Gasteiger partial charge in [0.1, 0.15) is 0 Å². The second-order valence-corrected chi connectivity index (χ2v) is 8.82. The van der Waals surface area contributed by atoms with E-state index in [1.165, 1.54) is 17.0 Å². The molecule has 9 heteroatoms. The Morgan fingerprint density at radius 1 is 1.11 bits per heavy atom. The third-order valence-corrected chi connectivity index (χ3v) is 6.26. The average molecular weight is 412 g/mol. The number of halogens is 3. The van der Waals surface area contributed by atoms with Crippen LogP contribution in [0.1, 0.15) is 12.0 Å². The van der Waals surface area contributed by atoms with Crippen LogP contribution in [0.25, 0.3) is 0 Å². The Labute approximate surface area is 161 Å². The van der Waals surface area contributed by atoms with Crippen LogP contribution in [0.15, 0.2) is 54.6 Å². The monoisotopic (exact) mass is 412 g/mol. The van der Waals surface area contributed by atoms with Crippen LogP contribution in [0.3, 0.4) is 0 Å². The number of amides is 1. The Kier molecular flexibility index (Phi) is 5.64. The molecular formula is C19H19F3N2O3S. The zero-order valence-electron chi connectivity index (χ0n) is 14.8. The molecule has 0 bridgehead atoms. The molecule has 1 N–H and O–H groups in total. The molecule has 1 fully saturated rings. The summed E-state index contributed by atoms with van der Waals surface area (Å²) in [4.78, 5) is 14.3. The molecule has 5 nitrogen and oxygen atoms in total. The molecule has 1 amide bonds. The molecule has 2 aromatic rings. The number of benzene rings is 2. The number of para-hydroxylation sites is 1. The first-order chi connectivity index (χ1) is 13.2. The van der Waals surface area contributed by atoms with E-state index in [0.717, 1.165) is 12.1 Å². The van der Waals surface area contributed by atoms with Gasteiger partial charge in [-0.3, -0.25) is 4.79 Å². The topological polar surface area (TPSA) is 66.5 Å². The maximum Gasteiger partial charge on any atom is 0.416 e. The smallest absolute Gasteiger partial charge is 0.376 e. The molecule has 1 aliphatic heterocycles. The molecule has 1 saturated heterocycles. The summed E-state index contributed by atoms with van der Waals surface area (Å²) in [5.41, 5.74) is -0.0950. The standard InChI is InChI=1S/C19H19F3N2O3S/c20-19(21,22)14-5-4-6-15(11-14)23-12-18(25)24(16-7-2-1-3-8-16)17-9-10-28(26,27)13-17/h1-8,11,17,23H,9-10,12-13H2. The molecule has 0 spiro atoms. The number of nitrogens with zero attached hydrogens (tertiary/aromatic N) is 1. The second-order valence-electron chi connectivity index (χ2n) is 6.59. The largest absolute Gasteiger partial charge is 0.416 e. The van der Waals surface area contributed by atoms with Crippen LogP contribution in [0.4, 0.5) is 24.5 Å². The Morgan fingerprint density at radius 3 is 2.43 bits per heavy atom. The number of nitrogens with one attached hydrogen (secondary N) is 1. The zero-order valence-corrected chi connectivity index (χ0v) is 15.6. The number of anilines is 2. The SMILES string of the molecule is O=C(CNc1cccc(C(F)(F)F)c1)N(c1ccccc1)C1CCS(=O)(=O)C1. The van der Waals surface area contributed by atoms with E-state index in [-0.39, 0.29) is 23.7 Å². The minimum atomic E-state index is -4.48. The number of sulfone groups is 1. The van der Waals surface area contributed by atoms with Crippen LogP contribution >= 0.6 is 0 Å². The summed E-state index contributed by atoms with van der Waals surface area (Å²) in [6.07, 6.45) is -4.15. The first kappa shape index (κ1) is 20.2. The summed E-state index contributed by atoms with van der Waals surface area (Å²) in [6.45, 7) is -0.257. The number of carbonyl (C=O) groups is 1. The van der Waals surface area contributed by atoms with Crippen molar-refractivity contribution in [3.8, 4) is 0 Å². The van der Waals surface area contributed by atoms with Crippen molar-refractivity contribution in [2.45, 2.75) is 18.6 Å². The Bertz CT molecular complexity index is 946. The number of hydrogen-bond acceptors (Lipinski definition) is 4. The third kappa shape index (κ3) is 4.83. The molecule has 0 aliphatic carbocycles. The van der Waals surface area contributed by atoms with E-state index in [2.05, 4.69) is 5.32 Å². The van der Waals surface area contributed by atoms with E-state index in [0.29, 0.717) is 12.1 Å². The lowest BCUT2D eigenvalue weighted by Crippen LogP contribution is -2.44. The van der Waals surface area contributed by atoms with Gasteiger partial charge in [0.15, 0.2) is 9.84 Å². The van der Waals surface area contributed by atoms with Gasteiger partial charge in [0.25, 0.3) is 0 Å². The highest BCUT2D eigenvalue weighted by Crippen LogP contribution is 2.31. The van der Waals surface area contributed by atoms with Gasteiger partial charge in [-0.2, -0.15) is 13.2 Å². The van der Waals surface area contributed by atoms with Crippen LogP contribution in [-0.2, 0) is 20.8 Å². The molecule has 1 heterocycles. The van der Waals surface area contributed by atoms with Crippen molar-refractivity contribution in [1.29, 1.82) is 0 Å². The number of alkyl halides is 3. The lowest BCUT2D eigenvalue weighted by atomic mass is 10.1. The van der Waals surface area contributed by atoms with Crippen LogP contribution in [-0.4, -0.2) is 38.4 Å². The van der Waals surface area contributed by atoms with Gasteiger partial charge in [-0.15, -0.1) is 0 Å². The third-order valence-electron chi connectivity index (χ3n) is 4.51. The van der Waals surface area contributed by atoms with E-state index >= 15 is 0 Å². The summed E-state index contributed by atoms with van der Waals surface area (Å²) in [5, 5.41) is 2.71. The fourth-order valence-corrected chi connectivity index (χ4v) is 4.89. The van der Waals surface area contributed by atoms with Crippen molar-refractivity contribution in [1.82, 2.24) is 0 Å². The zero-order chi connectivity index (χ0) is 20.4. The summed E-state index contributed by atoms with van der Waals surface area (Å²) >= 11 is 0. The van der Waals surface area contributed by atoms with E-state index < -0.39 is 33.5 Å².